The predicted molar refractivity (Wildman–Crippen MR) is 167 cm³/mol. The number of nitrogens with one attached hydrogen (secondary N) is 1. The number of ether oxygens (including phenoxy) is 2. The van der Waals surface area contributed by atoms with Gasteiger partial charge in [-0.25, -0.2) is 9.07 Å². The van der Waals surface area contributed by atoms with Gasteiger partial charge in [-0.05, 0) is 48.0 Å². The molecular weight excluding hydrogens is 567 g/mol. The summed E-state index contributed by atoms with van der Waals surface area (Å²) in [6, 6.07) is 21.2. The number of methoxy groups -OCH3 is 2. The minimum absolute atomic E-state index is 0.148. The van der Waals surface area contributed by atoms with Crippen LogP contribution in [0.25, 0.3) is 5.69 Å². The Labute approximate surface area is 255 Å². The van der Waals surface area contributed by atoms with Gasteiger partial charge in [-0.15, -0.1) is 11.8 Å². The molecule has 0 bridgehead atoms. The van der Waals surface area contributed by atoms with E-state index in [2.05, 4.69) is 26.1 Å². The highest BCUT2D eigenvalue weighted by Gasteiger charge is 2.40. The van der Waals surface area contributed by atoms with Gasteiger partial charge in [-0.2, -0.15) is 5.10 Å². The molecule has 43 heavy (non-hydrogen) atoms. The van der Waals surface area contributed by atoms with Gasteiger partial charge in [0.05, 0.1) is 36.6 Å². The third-order valence-electron chi connectivity index (χ3n) is 7.24. The Hall–Kier alpha value is -4.31. The molecule has 10 heteroatoms. The number of hydrogen-bond acceptors (Lipinski definition) is 6. The summed E-state index contributed by atoms with van der Waals surface area (Å²) in [5, 5.41) is 7.71. The summed E-state index contributed by atoms with van der Waals surface area (Å²) in [5.74, 6) is 1.18. The Kier molecular flexibility index (Phi) is 8.77. The van der Waals surface area contributed by atoms with Gasteiger partial charge in [0.2, 0.25) is 11.8 Å². The van der Waals surface area contributed by atoms with Crippen molar-refractivity contribution in [1.82, 2.24) is 15.1 Å². The Morgan fingerprint density at radius 1 is 1.02 bits per heavy atom. The smallest absolute Gasteiger partial charge is 0.240 e. The van der Waals surface area contributed by atoms with Crippen molar-refractivity contribution in [3.63, 3.8) is 0 Å². The van der Waals surface area contributed by atoms with Crippen molar-refractivity contribution in [1.29, 1.82) is 0 Å². The van der Waals surface area contributed by atoms with Gasteiger partial charge in [-0.3, -0.25) is 14.5 Å². The van der Waals surface area contributed by atoms with Crippen molar-refractivity contribution in [2.24, 2.45) is 0 Å². The molecule has 4 aromatic rings. The third kappa shape index (κ3) is 6.39. The van der Waals surface area contributed by atoms with Crippen LogP contribution < -0.4 is 19.7 Å². The molecule has 1 N–H and O–H groups in total. The van der Waals surface area contributed by atoms with Crippen LogP contribution in [-0.2, 0) is 21.5 Å². The molecule has 1 aliphatic rings. The topological polar surface area (TPSA) is 85.7 Å². The van der Waals surface area contributed by atoms with Crippen LogP contribution in [0.1, 0.15) is 48.4 Å². The van der Waals surface area contributed by atoms with E-state index >= 15 is 0 Å². The second kappa shape index (κ2) is 12.5. The van der Waals surface area contributed by atoms with Crippen molar-refractivity contribution in [3.8, 4) is 17.2 Å². The van der Waals surface area contributed by atoms with Gasteiger partial charge >= 0.3 is 0 Å². The number of hydrogen-bond donors (Lipinski definition) is 1. The van der Waals surface area contributed by atoms with E-state index < -0.39 is 5.41 Å². The molecule has 1 unspecified atom stereocenters. The number of benzene rings is 3. The van der Waals surface area contributed by atoms with Crippen molar-refractivity contribution in [2.45, 2.75) is 38.0 Å². The van der Waals surface area contributed by atoms with Gasteiger partial charge < -0.3 is 14.8 Å². The molecular formula is C33H35FN4O4S. The van der Waals surface area contributed by atoms with Crippen LogP contribution in [0.3, 0.4) is 0 Å². The Balaban J connectivity index is 1.65. The summed E-state index contributed by atoms with van der Waals surface area (Å²) in [6.07, 6.45) is 0. The highest BCUT2D eigenvalue weighted by molar-refractivity contribution is 8.00. The molecule has 0 fully saturated rings. The van der Waals surface area contributed by atoms with Gasteiger partial charge in [0, 0.05) is 23.1 Å². The van der Waals surface area contributed by atoms with Crippen molar-refractivity contribution in [2.75, 3.05) is 31.4 Å². The molecule has 2 heterocycles. The maximum Gasteiger partial charge on any atom is 0.240 e. The molecule has 5 rings (SSSR count). The van der Waals surface area contributed by atoms with E-state index in [0.29, 0.717) is 17.3 Å². The fraction of sp³-hybridized carbons (Fsp3) is 0.303. The first kappa shape index (κ1) is 30.2. The fourth-order valence-corrected chi connectivity index (χ4v) is 6.33. The van der Waals surface area contributed by atoms with Crippen molar-refractivity contribution < 1.29 is 23.5 Å². The summed E-state index contributed by atoms with van der Waals surface area (Å²) < 4.78 is 26.3. The van der Waals surface area contributed by atoms with Gasteiger partial charge in [0.15, 0.2) is 0 Å². The van der Waals surface area contributed by atoms with Crippen LogP contribution in [0.4, 0.5) is 10.2 Å². The molecule has 1 aromatic heterocycles. The number of fused-ring (bicyclic) bond motifs is 1. The number of aromatic nitrogens is 2. The zero-order valence-corrected chi connectivity index (χ0v) is 25.7. The molecule has 1 atom stereocenters. The monoisotopic (exact) mass is 602 g/mol. The normalized spacial score (nSPS) is 15.1. The summed E-state index contributed by atoms with van der Waals surface area (Å²) in [5.41, 5.74) is 3.67. The van der Waals surface area contributed by atoms with Crippen LogP contribution in [0.2, 0.25) is 0 Å². The molecule has 0 spiro atoms. The minimum Gasteiger partial charge on any atom is -0.497 e. The van der Waals surface area contributed by atoms with Gasteiger partial charge in [0.25, 0.3) is 0 Å². The lowest BCUT2D eigenvalue weighted by Crippen LogP contribution is -2.42. The van der Waals surface area contributed by atoms with E-state index in [4.69, 9.17) is 14.6 Å². The molecule has 224 valence electrons. The summed E-state index contributed by atoms with van der Waals surface area (Å²) in [4.78, 5) is 28.8. The Morgan fingerprint density at radius 2 is 1.72 bits per heavy atom. The van der Waals surface area contributed by atoms with Gasteiger partial charge in [0.1, 0.15) is 29.7 Å². The number of para-hydroxylation sites is 1. The lowest BCUT2D eigenvalue weighted by atomic mass is 9.87. The van der Waals surface area contributed by atoms with Crippen LogP contribution in [0.5, 0.6) is 11.5 Å². The zero-order valence-electron chi connectivity index (χ0n) is 24.9. The maximum absolute atomic E-state index is 13.9. The van der Waals surface area contributed by atoms with Crippen molar-refractivity contribution >= 4 is 29.4 Å². The number of anilines is 1. The zero-order chi connectivity index (χ0) is 30.7. The Morgan fingerprint density at radius 3 is 2.37 bits per heavy atom. The third-order valence-corrected chi connectivity index (χ3v) is 8.48. The number of carbonyl (C=O) groups excluding carboxylic acids is 2. The van der Waals surface area contributed by atoms with E-state index in [0.717, 1.165) is 28.1 Å². The predicted octanol–water partition coefficient (Wildman–Crippen LogP) is 5.81. The standard InChI is InChI=1S/C33H35FN4O4S/c1-33(2,3)31-29-30(25-8-6-7-9-26(25)42-5)43-20-28(40)37(19-27(39)35-18-21-10-12-22(34)13-11-21)32(29)38(36-31)23-14-16-24(41-4)17-15-23/h6-17,30H,18-20H2,1-5H3,(H,35,39). The molecule has 0 aliphatic carbocycles. The molecule has 0 saturated heterocycles. The first-order valence-corrected chi connectivity index (χ1v) is 15.0. The van der Waals surface area contributed by atoms with E-state index in [-0.39, 0.29) is 41.7 Å². The lowest BCUT2D eigenvalue weighted by molar-refractivity contribution is -0.123. The Bertz CT molecular complexity index is 1610. The second-order valence-corrected chi connectivity index (χ2v) is 12.4. The number of carbonyl (C=O) groups is 2. The van der Waals surface area contributed by atoms with Crippen molar-refractivity contribution in [3.05, 3.63) is 101 Å². The maximum atomic E-state index is 13.9. The number of amides is 2. The average molecular weight is 603 g/mol. The molecule has 1 aliphatic heterocycles. The van der Waals surface area contributed by atoms with Crippen LogP contribution in [-0.4, -0.2) is 48.1 Å². The van der Waals surface area contributed by atoms with Gasteiger partial charge in [-0.1, -0.05) is 51.1 Å². The lowest BCUT2D eigenvalue weighted by Gasteiger charge is -2.25. The summed E-state index contributed by atoms with van der Waals surface area (Å²) >= 11 is 1.49. The summed E-state index contributed by atoms with van der Waals surface area (Å²) in [7, 11) is 3.24. The number of halogens is 1. The van der Waals surface area contributed by atoms with Crippen LogP contribution in [0.15, 0.2) is 72.8 Å². The number of thioether (sulfide) groups is 1. The fourth-order valence-electron chi connectivity index (χ4n) is 5.11. The van der Waals surface area contributed by atoms with E-state index in [1.165, 1.54) is 28.8 Å². The minimum atomic E-state index is -0.396. The number of nitrogens with zero attached hydrogens (tertiary/aromatic N) is 3. The van der Waals surface area contributed by atoms with E-state index in [9.17, 15) is 14.0 Å². The quantitative estimate of drug-likeness (QED) is 0.274. The average Bonchev–Trinajstić information content (AvgIpc) is 3.34. The van der Waals surface area contributed by atoms with E-state index in [1.807, 2.05) is 48.5 Å². The molecule has 2 amide bonds. The largest absolute Gasteiger partial charge is 0.497 e. The summed E-state index contributed by atoms with van der Waals surface area (Å²) in [6.45, 7) is 6.26. The first-order chi connectivity index (χ1) is 20.6. The molecule has 0 radical (unpaired) electrons. The number of rotatable bonds is 8. The second-order valence-electron chi connectivity index (χ2n) is 11.3. The SMILES string of the molecule is COc1ccc(-n2nc(C(C)(C)C)c3c2N(CC(=O)NCc2ccc(F)cc2)C(=O)CSC3c2ccccc2OC)cc1. The molecule has 8 nitrogen and oxygen atoms in total. The molecule has 3 aromatic carbocycles. The van der Waals surface area contributed by atoms with Crippen LogP contribution >= 0.6 is 11.8 Å². The highest BCUT2D eigenvalue weighted by atomic mass is 32.2. The molecule has 0 saturated carbocycles. The van der Waals surface area contributed by atoms with E-state index in [1.54, 1.807) is 31.0 Å². The van der Waals surface area contributed by atoms with Crippen LogP contribution in [0, 0.1) is 5.82 Å². The highest BCUT2D eigenvalue weighted by Crippen LogP contribution is 2.50. The first-order valence-electron chi connectivity index (χ1n) is 13.9.